The van der Waals surface area contributed by atoms with Crippen LogP contribution in [0.3, 0.4) is 0 Å². The van der Waals surface area contributed by atoms with E-state index in [1.54, 1.807) is 0 Å². The third kappa shape index (κ3) is 2.33. The Labute approximate surface area is 92.5 Å². The van der Waals surface area contributed by atoms with E-state index in [0.29, 0.717) is 6.61 Å². The van der Waals surface area contributed by atoms with Crippen molar-refractivity contribution >= 4 is 0 Å². The van der Waals surface area contributed by atoms with E-state index in [9.17, 15) is 0 Å². The van der Waals surface area contributed by atoms with E-state index in [4.69, 9.17) is 11.2 Å². The van der Waals surface area contributed by atoms with Gasteiger partial charge < -0.3 is 4.74 Å². The molecule has 0 fully saturated rings. The zero-order chi connectivity index (χ0) is 11.4. The molecule has 0 heterocycles. The molecule has 0 aliphatic carbocycles. The van der Waals surface area contributed by atoms with Gasteiger partial charge in [-0.3, -0.25) is 0 Å². The van der Waals surface area contributed by atoms with Crippen LogP contribution in [0.5, 0.6) is 5.75 Å². The summed E-state index contributed by atoms with van der Waals surface area (Å²) in [6, 6.07) is 2.16. The van der Waals surface area contributed by atoms with Gasteiger partial charge in [0.1, 0.15) is 12.4 Å². The largest absolute Gasteiger partial charge is 0.480 e. The molecule has 1 heteroatoms. The van der Waals surface area contributed by atoms with Gasteiger partial charge in [-0.15, -0.1) is 6.42 Å². The molecule has 0 N–H and O–H groups in total. The molecule has 0 unspecified atom stereocenters. The molecule has 0 radical (unpaired) electrons. The highest BCUT2D eigenvalue weighted by Gasteiger charge is 2.10. The molecule has 0 spiro atoms. The fourth-order valence-electron chi connectivity index (χ4n) is 2.09. The van der Waals surface area contributed by atoms with Gasteiger partial charge in [0.05, 0.1) is 0 Å². The molecule has 0 bridgehead atoms. The fourth-order valence-corrected chi connectivity index (χ4v) is 2.09. The van der Waals surface area contributed by atoms with Crippen molar-refractivity contribution in [2.75, 3.05) is 6.61 Å². The van der Waals surface area contributed by atoms with Crippen molar-refractivity contribution in [2.24, 2.45) is 0 Å². The second-order valence-corrected chi connectivity index (χ2v) is 3.79. The standard InChI is InChI=1S/C14H18O/c1-6-8-15-14-11(4)9-10(3)13(7-2)12(14)5/h1,9H,7-8H2,2-5H3. The third-order valence-corrected chi connectivity index (χ3v) is 2.71. The minimum absolute atomic E-state index is 0.341. The molecule has 1 rings (SSSR count). The third-order valence-electron chi connectivity index (χ3n) is 2.71. The summed E-state index contributed by atoms with van der Waals surface area (Å²) in [5, 5.41) is 0. The lowest BCUT2D eigenvalue weighted by Gasteiger charge is -2.15. The SMILES string of the molecule is C#CCOc1c(C)cc(C)c(CC)c1C. The van der Waals surface area contributed by atoms with Crippen LogP contribution in [0.4, 0.5) is 0 Å². The van der Waals surface area contributed by atoms with Gasteiger partial charge in [0, 0.05) is 0 Å². The molecule has 1 aromatic rings. The molecular formula is C14H18O. The van der Waals surface area contributed by atoms with E-state index in [1.165, 1.54) is 16.7 Å². The summed E-state index contributed by atoms with van der Waals surface area (Å²) in [7, 11) is 0. The van der Waals surface area contributed by atoms with Crippen molar-refractivity contribution in [3.05, 3.63) is 28.3 Å². The Balaban J connectivity index is 3.21. The van der Waals surface area contributed by atoms with Crippen LogP contribution in [-0.4, -0.2) is 6.61 Å². The fraction of sp³-hybridized carbons (Fsp3) is 0.429. The average molecular weight is 202 g/mol. The number of benzene rings is 1. The van der Waals surface area contributed by atoms with Crippen molar-refractivity contribution in [3.63, 3.8) is 0 Å². The molecule has 0 aliphatic heterocycles. The quantitative estimate of drug-likeness (QED) is 0.684. The van der Waals surface area contributed by atoms with Gasteiger partial charge in [0.2, 0.25) is 0 Å². The Morgan fingerprint density at radius 1 is 1.27 bits per heavy atom. The van der Waals surface area contributed by atoms with Gasteiger partial charge in [0.25, 0.3) is 0 Å². The van der Waals surface area contributed by atoms with Crippen LogP contribution in [0.1, 0.15) is 29.2 Å². The van der Waals surface area contributed by atoms with Crippen LogP contribution in [0.25, 0.3) is 0 Å². The van der Waals surface area contributed by atoms with E-state index in [2.05, 4.69) is 39.7 Å². The first-order valence-corrected chi connectivity index (χ1v) is 5.27. The lowest BCUT2D eigenvalue weighted by molar-refractivity contribution is 0.364. The van der Waals surface area contributed by atoms with Crippen molar-refractivity contribution in [1.29, 1.82) is 0 Å². The summed E-state index contributed by atoms with van der Waals surface area (Å²) in [4.78, 5) is 0. The highest BCUT2D eigenvalue weighted by molar-refractivity contribution is 5.49. The topological polar surface area (TPSA) is 9.23 Å². The predicted molar refractivity (Wildman–Crippen MR) is 64.4 cm³/mol. The van der Waals surface area contributed by atoms with Crippen LogP contribution >= 0.6 is 0 Å². The van der Waals surface area contributed by atoms with E-state index in [-0.39, 0.29) is 0 Å². The Bertz CT molecular complexity index is 397. The molecule has 1 aromatic carbocycles. The van der Waals surface area contributed by atoms with E-state index in [0.717, 1.165) is 17.7 Å². The first-order chi connectivity index (χ1) is 7.11. The van der Waals surface area contributed by atoms with Crippen LogP contribution < -0.4 is 4.74 Å². The second-order valence-electron chi connectivity index (χ2n) is 3.79. The molecule has 15 heavy (non-hydrogen) atoms. The monoisotopic (exact) mass is 202 g/mol. The minimum Gasteiger partial charge on any atom is -0.480 e. The molecule has 0 aliphatic rings. The lowest BCUT2D eigenvalue weighted by Crippen LogP contribution is -2.02. The smallest absolute Gasteiger partial charge is 0.148 e. The summed E-state index contributed by atoms with van der Waals surface area (Å²) < 4.78 is 5.58. The molecule has 0 saturated carbocycles. The maximum absolute atomic E-state index is 5.58. The van der Waals surface area contributed by atoms with Gasteiger partial charge in [-0.25, -0.2) is 0 Å². The zero-order valence-electron chi connectivity index (χ0n) is 9.98. The van der Waals surface area contributed by atoms with Crippen molar-refractivity contribution in [1.82, 2.24) is 0 Å². The van der Waals surface area contributed by atoms with E-state index in [1.807, 2.05) is 0 Å². The van der Waals surface area contributed by atoms with Gasteiger partial charge in [-0.2, -0.15) is 0 Å². The number of aryl methyl sites for hydroxylation is 2. The summed E-state index contributed by atoms with van der Waals surface area (Å²) in [5.41, 5.74) is 5.09. The van der Waals surface area contributed by atoms with E-state index >= 15 is 0 Å². The molecule has 0 amide bonds. The first kappa shape index (κ1) is 11.7. The Hall–Kier alpha value is -1.42. The van der Waals surface area contributed by atoms with Gasteiger partial charge in [0.15, 0.2) is 0 Å². The summed E-state index contributed by atoms with van der Waals surface area (Å²) in [6.07, 6.45) is 6.23. The molecular weight excluding hydrogens is 184 g/mol. The van der Waals surface area contributed by atoms with E-state index < -0.39 is 0 Å². The van der Waals surface area contributed by atoms with Crippen molar-refractivity contribution in [2.45, 2.75) is 34.1 Å². The van der Waals surface area contributed by atoms with Gasteiger partial charge >= 0.3 is 0 Å². The summed E-state index contributed by atoms with van der Waals surface area (Å²) in [5.74, 6) is 3.45. The maximum atomic E-state index is 5.58. The summed E-state index contributed by atoms with van der Waals surface area (Å²) in [6.45, 7) is 8.81. The number of ether oxygens (including phenoxy) is 1. The first-order valence-electron chi connectivity index (χ1n) is 5.27. The highest BCUT2D eigenvalue weighted by atomic mass is 16.5. The number of rotatable bonds is 3. The van der Waals surface area contributed by atoms with Crippen molar-refractivity contribution in [3.8, 4) is 18.1 Å². The number of hydrogen-bond donors (Lipinski definition) is 0. The van der Waals surface area contributed by atoms with Crippen LogP contribution in [-0.2, 0) is 6.42 Å². The number of terminal acetylenes is 1. The average Bonchev–Trinajstić information content (AvgIpc) is 2.17. The maximum Gasteiger partial charge on any atom is 0.148 e. The lowest BCUT2D eigenvalue weighted by atomic mass is 9.97. The van der Waals surface area contributed by atoms with Crippen molar-refractivity contribution < 1.29 is 4.74 Å². The van der Waals surface area contributed by atoms with Crippen LogP contribution in [0.15, 0.2) is 6.07 Å². The minimum atomic E-state index is 0.341. The predicted octanol–water partition coefficient (Wildman–Crippen LogP) is 3.19. The van der Waals surface area contributed by atoms with Crippen LogP contribution in [0, 0.1) is 33.1 Å². The molecule has 0 atom stereocenters. The van der Waals surface area contributed by atoms with Gasteiger partial charge in [-0.1, -0.05) is 18.9 Å². The Morgan fingerprint density at radius 2 is 1.93 bits per heavy atom. The Kier molecular flexibility index (Phi) is 3.80. The molecule has 0 saturated heterocycles. The highest BCUT2D eigenvalue weighted by Crippen LogP contribution is 2.29. The van der Waals surface area contributed by atoms with Crippen LogP contribution in [0.2, 0.25) is 0 Å². The summed E-state index contributed by atoms with van der Waals surface area (Å²) >= 11 is 0. The molecule has 80 valence electrons. The molecule has 1 nitrogen and oxygen atoms in total. The normalized spacial score (nSPS) is 9.80. The van der Waals surface area contributed by atoms with Gasteiger partial charge in [-0.05, 0) is 49.4 Å². The second kappa shape index (κ2) is 4.89. The zero-order valence-corrected chi connectivity index (χ0v) is 9.98. The Morgan fingerprint density at radius 3 is 2.47 bits per heavy atom. The molecule has 0 aromatic heterocycles. The number of hydrogen-bond acceptors (Lipinski definition) is 1.